The molecule has 0 saturated heterocycles. The van der Waals surface area contributed by atoms with E-state index in [4.69, 9.17) is 10.1 Å². The van der Waals surface area contributed by atoms with Gasteiger partial charge in [0.05, 0.1) is 11.3 Å². The zero-order valence-corrected chi connectivity index (χ0v) is 17.6. The predicted molar refractivity (Wildman–Crippen MR) is 115 cm³/mol. The number of nitrogens with one attached hydrogen (secondary N) is 1. The highest BCUT2D eigenvalue weighted by molar-refractivity contribution is 5.87. The minimum absolute atomic E-state index is 0.120. The maximum Gasteiger partial charge on any atom is 0.337 e. The lowest BCUT2D eigenvalue weighted by molar-refractivity contribution is 0.0308. The molecule has 0 aliphatic heterocycles. The number of fused-ring (bicyclic) bond motifs is 3. The van der Waals surface area contributed by atoms with E-state index in [1.165, 1.54) is 31.5 Å². The van der Waals surface area contributed by atoms with Crippen molar-refractivity contribution in [2.75, 3.05) is 19.4 Å². The zero-order chi connectivity index (χ0) is 21.7. The van der Waals surface area contributed by atoms with Crippen molar-refractivity contribution < 1.29 is 15.0 Å². The van der Waals surface area contributed by atoms with E-state index in [1.807, 2.05) is 20.2 Å². The van der Waals surface area contributed by atoms with Crippen LogP contribution in [0, 0.1) is 11.8 Å². The molecule has 3 heterocycles. The van der Waals surface area contributed by atoms with Gasteiger partial charge in [-0.25, -0.2) is 14.8 Å². The molecule has 5 rings (SSSR count). The molecular weight excluding hydrogens is 396 g/mol. The van der Waals surface area contributed by atoms with E-state index in [0.29, 0.717) is 23.7 Å². The lowest BCUT2D eigenvalue weighted by Gasteiger charge is -2.29. The first kappa shape index (κ1) is 19.9. The van der Waals surface area contributed by atoms with Crippen LogP contribution in [0.1, 0.15) is 54.0 Å². The van der Waals surface area contributed by atoms with Crippen molar-refractivity contribution in [1.29, 1.82) is 0 Å². The van der Waals surface area contributed by atoms with Crippen LogP contribution in [0.25, 0.3) is 11.0 Å². The molecule has 0 radical (unpaired) electrons. The fraction of sp³-hybridized carbons (Fsp3) is 0.455. The predicted octanol–water partition coefficient (Wildman–Crippen LogP) is 3.18. The molecule has 4 atom stereocenters. The average molecular weight is 422 g/mol. The number of aromatic carboxylic acids is 1. The first-order valence-electron chi connectivity index (χ1n) is 10.6. The largest absolute Gasteiger partial charge is 0.478 e. The number of rotatable bonds is 6. The number of hydrogen-bond acceptors (Lipinski definition) is 7. The number of pyridine rings is 1. The highest BCUT2D eigenvalue weighted by Gasteiger charge is 2.42. The number of nitrogens with zero attached hydrogens (tertiary/aromatic N) is 5. The lowest BCUT2D eigenvalue weighted by atomic mass is 9.95. The number of aliphatic hydroxyl groups excluding tert-OH is 1. The second-order valence-electron chi connectivity index (χ2n) is 8.85. The van der Waals surface area contributed by atoms with Gasteiger partial charge in [-0.05, 0) is 63.4 Å². The number of carboxylic acids is 1. The second-order valence-corrected chi connectivity index (χ2v) is 8.85. The van der Waals surface area contributed by atoms with E-state index in [-0.39, 0.29) is 5.56 Å². The van der Waals surface area contributed by atoms with Gasteiger partial charge in [-0.1, -0.05) is 6.42 Å². The molecule has 2 aliphatic rings. The maximum absolute atomic E-state index is 11.0. The molecule has 2 bridgehead atoms. The summed E-state index contributed by atoms with van der Waals surface area (Å²) in [5.41, 5.74) is 1.76. The van der Waals surface area contributed by atoms with Gasteiger partial charge in [0.25, 0.3) is 0 Å². The van der Waals surface area contributed by atoms with E-state index in [9.17, 15) is 9.90 Å². The van der Waals surface area contributed by atoms with Crippen LogP contribution in [0.2, 0.25) is 0 Å². The lowest BCUT2D eigenvalue weighted by Crippen LogP contribution is -2.26. The quantitative estimate of drug-likeness (QED) is 0.519. The molecule has 3 aromatic heterocycles. The van der Waals surface area contributed by atoms with Crippen LogP contribution in [-0.4, -0.2) is 54.7 Å². The maximum atomic E-state index is 11.0. The Bertz CT molecular complexity index is 1130. The highest BCUT2D eigenvalue weighted by Crippen LogP contribution is 2.52. The van der Waals surface area contributed by atoms with Gasteiger partial charge in [0.15, 0.2) is 0 Å². The third kappa shape index (κ3) is 3.53. The smallest absolute Gasteiger partial charge is 0.337 e. The number of aliphatic hydroxyl groups is 1. The number of anilines is 2. The summed E-state index contributed by atoms with van der Waals surface area (Å²) in [6.45, 7) is 0. The SMILES string of the molecule is CN(C)C(O)c1cc2cnc(Nc3ccc(C(=O)O)cn3)nc2n1C1CC2CCC1C2. The van der Waals surface area contributed by atoms with Crippen molar-refractivity contribution in [2.24, 2.45) is 11.8 Å². The molecule has 4 unspecified atom stereocenters. The number of carboxylic acid groups (broad SMARTS) is 1. The Labute approximate surface area is 179 Å². The van der Waals surface area contributed by atoms with Gasteiger partial charge < -0.3 is 20.1 Å². The van der Waals surface area contributed by atoms with E-state index in [2.05, 4.69) is 19.9 Å². The van der Waals surface area contributed by atoms with Gasteiger partial charge in [-0.15, -0.1) is 0 Å². The Morgan fingerprint density at radius 1 is 1.23 bits per heavy atom. The van der Waals surface area contributed by atoms with Crippen LogP contribution in [0.5, 0.6) is 0 Å². The molecule has 2 aliphatic carbocycles. The van der Waals surface area contributed by atoms with Crippen molar-refractivity contribution >= 4 is 28.8 Å². The summed E-state index contributed by atoms with van der Waals surface area (Å²) in [6, 6.07) is 5.39. The molecule has 9 nitrogen and oxygen atoms in total. The topological polar surface area (TPSA) is 116 Å². The number of carbonyl (C=O) groups is 1. The Kier molecular flexibility index (Phi) is 4.86. The summed E-state index contributed by atoms with van der Waals surface area (Å²) in [6.07, 6.45) is 7.21. The van der Waals surface area contributed by atoms with Gasteiger partial charge in [-0.2, -0.15) is 4.98 Å². The van der Waals surface area contributed by atoms with E-state index < -0.39 is 12.2 Å². The molecule has 3 N–H and O–H groups in total. The summed E-state index contributed by atoms with van der Waals surface area (Å²) >= 11 is 0. The molecule has 162 valence electrons. The third-order valence-electron chi connectivity index (χ3n) is 6.64. The van der Waals surface area contributed by atoms with Crippen LogP contribution in [0.15, 0.2) is 30.6 Å². The molecule has 2 saturated carbocycles. The summed E-state index contributed by atoms with van der Waals surface area (Å²) in [5, 5.41) is 23.9. The van der Waals surface area contributed by atoms with Crippen molar-refractivity contribution in [3.8, 4) is 0 Å². The van der Waals surface area contributed by atoms with Crippen LogP contribution >= 0.6 is 0 Å². The van der Waals surface area contributed by atoms with Crippen LogP contribution in [-0.2, 0) is 0 Å². The molecule has 9 heteroatoms. The first-order chi connectivity index (χ1) is 14.9. The Morgan fingerprint density at radius 3 is 2.68 bits per heavy atom. The van der Waals surface area contributed by atoms with Crippen molar-refractivity contribution in [3.63, 3.8) is 0 Å². The first-order valence-corrected chi connectivity index (χ1v) is 10.6. The van der Waals surface area contributed by atoms with Crippen LogP contribution in [0.4, 0.5) is 11.8 Å². The van der Waals surface area contributed by atoms with Crippen molar-refractivity contribution in [3.05, 3.63) is 41.9 Å². The van der Waals surface area contributed by atoms with Crippen molar-refractivity contribution in [2.45, 2.75) is 38.0 Å². The monoisotopic (exact) mass is 422 g/mol. The van der Waals surface area contributed by atoms with E-state index >= 15 is 0 Å². The Hall–Kier alpha value is -3.04. The van der Waals surface area contributed by atoms with Crippen LogP contribution < -0.4 is 5.32 Å². The molecular formula is C22H26N6O3. The number of aromatic nitrogens is 4. The molecule has 0 spiro atoms. The summed E-state index contributed by atoms with van der Waals surface area (Å²) in [5.74, 6) is 1.21. The molecule has 2 fully saturated rings. The molecule has 3 aromatic rings. The Morgan fingerprint density at radius 2 is 2.06 bits per heavy atom. The van der Waals surface area contributed by atoms with Gasteiger partial charge in [0.1, 0.15) is 17.7 Å². The summed E-state index contributed by atoms with van der Waals surface area (Å²) in [7, 11) is 3.72. The molecule has 0 aromatic carbocycles. The molecule has 0 amide bonds. The fourth-order valence-electron chi connectivity index (χ4n) is 5.14. The van der Waals surface area contributed by atoms with Gasteiger partial charge in [0, 0.05) is 23.8 Å². The minimum atomic E-state index is -1.02. The number of hydrogen-bond donors (Lipinski definition) is 3. The van der Waals surface area contributed by atoms with E-state index in [1.54, 1.807) is 17.2 Å². The fourth-order valence-corrected chi connectivity index (χ4v) is 5.14. The van der Waals surface area contributed by atoms with Gasteiger partial charge in [-0.3, -0.25) is 4.90 Å². The third-order valence-corrected chi connectivity index (χ3v) is 6.64. The Balaban J connectivity index is 1.54. The standard InChI is InChI=1S/C22H26N6O3/c1-27(2)20(29)17-9-15-11-24-22(25-18-6-5-14(10-23-18)21(30)31)26-19(15)28(17)16-8-12-3-4-13(16)7-12/h5-6,9-13,16,20,29H,3-4,7-8H2,1-2H3,(H,30,31)(H,23,24,25,26). The summed E-state index contributed by atoms with van der Waals surface area (Å²) in [4.78, 5) is 26.1. The average Bonchev–Trinajstić information content (AvgIpc) is 3.47. The van der Waals surface area contributed by atoms with Crippen LogP contribution in [0.3, 0.4) is 0 Å². The van der Waals surface area contributed by atoms with Crippen molar-refractivity contribution in [1.82, 2.24) is 24.4 Å². The minimum Gasteiger partial charge on any atom is -0.478 e. The second kappa shape index (κ2) is 7.58. The van der Waals surface area contributed by atoms with E-state index in [0.717, 1.165) is 29.1 Å². The summed E-state index contributed by atoms with van der Waals surface area (Å²) < 4.78 is 2.22. The zero-order valence-electron chi connectivity index (χ0n) is 17.6. The van der Waals surface area contributed by atoms with Gasteiger partial charge in [0.2, 0.25) is 5.95 Å². The highest BCUT2D eigenvalue weighted by atomic mass is 16.4. The molecule has 31 heavy (non-hydrogen) atoms. The van der Waals surface area contributed by atoms with Gasteiger partial charge >= 0.3 is 5.97 Å². The normalized spacial score (nSPS) is 23.5.